The van der Waals surface area contributed by atoms with Crippen LogP contribution < -0.4 is 0 Å². The lowest BCUT2D eigenvalue weighted by atomic mass is 10.1. The van der Waals surface area contributed by atoms with Gasteiger partial charge in [0, 0.05) is 0 Å². The molecular formula is C4H3ClF9P. The Morgan fingerprint density at radius 1 is 0.533 bits per heavy atom. The fourth-order valence-electron chi connectivity index (χ4n) is 0.482. The third kappa shape index (κ3) is 2.81. The van der Waals surface area contributed by atoms with Crippen molar-refractivity contribution in [1.29, 1.82) is 0 Å². The van der Waals surface area contributed by atoms with E-state index >= 15 is 0 Å². The van der Waals surface area contributed by atoms with Gasteiger partial charge < -0.3 is 0 Å². The van der Waals surface area contributed by atoms with Crippen LogP contribution in [0.25, 0.3) is 0 Å². The van der Waals surface area contributed by atoms with Gasteiger partial charge in [-0.25, -0.2) is 0 Å². The molecule has 0 nitrogen and oxygen atoms in total. The van der Waals surface area contributed by atoms with Crippen LogP contribution in [0.4, 0.5) is 39.5 Å². The van der Waals surface area contributed by atoms with Gasteiger partial charge in [0.15, 0.2) is 0 Å². The Kier molecular flexibility index (Phi) is 4.85. The van der Waals surface area contributed by atoms with Crippen molar-refractivity contribution < 1.29 is 39.5 Å². The van der Waals surface area contributed by atoms with Gasteiger partial charge >= 0.3 is 18.5 Å². The van der Waals surface area contributed by atoms with Crippen molar-refractivity contribution in [1.82, 2.24) is 0 Å². The van der Waals surface area contributed by atoms with Gasteiger partial charge in [-0.3, -0.25) is 0 Å². The van der Waals surface area contributed by atoms with E-state index in [0.717, 1.165) is 0 Å². The minimum Gasteiger partial charge on any atom is -0.169 e. The number of hydrogen-bond acceptors (Lipinski definition) is 0. The summed E-state index contributed by atoms with van der Waals surface area (Å²) in [4.78, 5) is 0. The molecule has 1 unspecified atom stereocenters. The minimum absolute atomic E-state index is 0. The van der Waals surface area contributed by atoms with Gasteiger partial charge in [0.25, 0.3) is 5.16 Å². The minimum atomic E-state index is -6.46. The number of rotatable bonds is 0. The van der Waals surface area contributed by atoms with E-state index in [1.807, 2.05) is 0 Å². The normalized spacial score (nSPS) is 14.8. The SMILES string of the molecule is Cl.FC(F)(F)C(P)(C(F)(F)F)C(F)(F)F. The summed E-state index contributed by atoms with van der Waals surface area (Å²) < 4.78 is 105. The Labute approximate surface area is 85.8 Å². The van der Waals surface area contributed by atoms with E-state index in [-0.39, 0.29) is 21.6 Å². The Morgan fingerprint density at radius 3 is 0.667 bits per heavy atom. The second-order valence-electron chi connectivity index (χ2n) is 2.30. The Hall–Kier alpha value is 0.0900. The smallest absolute Gasteiger partial charge is 0.169 e. The third-order valence-electron chi connectivity index (χ3n) is 1.34. The maximum atomic E-state index is 11.6. The van der Waals surface area contributed by atoms with Crippen LogP contribution in [-0.2, 0) is 0 Å². The highest BCUT2D eigenvalue weighted by Gasteiger charge is 2.80. The number of alkyl halides is 9. The van der Waals surface area contributed by atoms with Crippen LogP contribution in [0.1, 0.15) is 0 Å². The predicted octanol–water partition coefficient (Wildman–Crippen LogP) is 3.71. The predicted molar refractivity (Wildman–Crippen MR) is 37.9 cm³/mol. The number of hydrogen-bond donors (Lipinski definition) is 0. The molecular weight excluding hydrogens is 285 g/mol. The van der Waals surface area contributed by atoms with Crippen LogP contribution >= 0.6 is 21.6 Å². The molecule has 0 aliphatic rings. The quantitative estimate of drug-likeness (QED) is 0.471. The number of halogens is 10. The molecule has 0 N–H and O–H groups in total. The molecule has 0 amide bonds. The van der Waals surface area contributed by atoms with Crippen molar-refractivity contribution >= 4 is 21.6 Å². The monoisotopic (exact) mass is 288 g/mol. The summed E-state index contributed by atoms with van der Waals surface area (Å²) in [5, 5.41) is -5.77. The summed E-state index contributed by atoms with van der Waals surface area (Å²) in [6.07, 6.45) is -19.4. The summed E-state index contributed by atoms with van der Waals surface area (Å²) in [6.45, 7) is 0. The van der Waals surface area contributed by atoms with Gasteiger partial charge in [-0.1, -0.05) is 0 Å². The highest BCUT2D eigenvalue weighted by atomic mass is 35.5. The van der Waals surface area contributed by atoms with Crippen molar-refractivity contribution in [2.24, 2.45) is 0 Å². The largest absolute Gasteiger partial charge is 0.415 e. The van der Waals surface area contributed by atoms with Gasteiger partial charge in [-0.15, -0.1) is 21.6 Å². The first-order valence-corrected chi connectivity index (χ1v) is 3.32. The molecule has 0 saturated carbocycles. The molecule has 0 aromatic heterocycles. The molecule has 11 heteroatoms. The van der Waals surface area contributed by atoms with Crippen LogP contribution in [0.15, 0.2) is 0 Å². The van der Waals surface area contributed by atoms with E-state index in [4.69, 9.17) is 0 Å². The molecule has 0 aliphatic heterocycles. The maximum Gasteiger partial charge on any atom is 0.415 e. The van der Waals surface area contributed by atoms with Crippen molar-refractivity contribution in [3.8, 4) is 0 Å². The highest BCUT2D eigenvalue weighted by molar-refractivity contribution is 7.19. The van der Waals surface area contributed by atoms with E-state index in [9.17, 15) is 39.5 Å². The lowest BCUT2D eigenvalue weighted by molar-refractivity contribution is -0.345. The molecule has 0 aromatic rings. The first-order chi connectivity index (χ1) is 5.75. The van der Waals surface area contributed by atoms with E-state index in [0.29, 0.717) is 0 Å². The van der Waals surface area contributed by atoms with Gasteiger partial charge in [0.05, 0.1) is 0 Å². The van der Waals surface area contributed by atoms with Gasteiger partial charge in [0.1, 0.15) is 0 Å². The Bertz CT molecular complexity index is 176. The topological polar surface area (TPSA) is 0 Å². The van der Waals surface area contributed by atoms with Crippen LogP contribution in [0, 0.1) is 0 Å². The zero-order chi connectivity index (χ0) is 12.0. The summed E-state index contributed by atoms with van der Waals surface area (Å²) >= 11 is 0. The zero-order valence-corrected chi connectivity index (χ0v) is 8.36. The molecule has 0 radical (unpaired) electrons. The summed E-state index contributed by atoms with van der Waals surface area (Å²) in [6, 6.07) is 0. The van der Waals surface area contributed by atoms with Crippen LogP contribution in [0.2, 0.25) is 0 Å². The van der Waals surface area contributed by atoms with Crippen molar-refractivity contribution in [2.75, 3.05) is 0 Å². The lowest BCUT2D eigenvalue weighted by Gasteiger charge is -2.34. The fraction of sp³-hybridized carbons (Fsp3) is 1.00. The molecule has 0 aliphatic carbocycles. The molecule has 0 rings (SSSR count). The first-order valence-electron chi connectivity index (χ1n) is 2.74. The Morgan fingerprint density at radius 2 is 0.667 bits per heavy atom. The summed E-state index contributed by atoms with van der Waals surface area (Å²) in [5.41, 5.74) is 0. The molecule has 94 valence electrons. The molecule has 0 fully saturated rings. The maximum absolute atomic E-state index is 11.6. The standard InChI is InChI=1S/C4H2F9P.ClH/c5-2(6,7)1(14,3(8,9)10)4(11,12)13;/h14H2;1H. The first kappa shape index (κ1) is 17.5. The molecule has 15 heavy (non-hydrogen) atoms. The molecule has 0 bridgehead atoms. The van der Waals surface area contributed by atoms with E-state index in [2.05, 4.69) is 0 Å². The van der Waals surface area contributed by atoms with Crippen molar-refractivity contribution in [3.63, 3.8) is 0 Å². The second kappa shape index (κ2) is 4.16. The van der Waals surface area contributed by atoms with Gasteiger partial charge in [-0.2, -0.15) is 39.5 Å². The zero-order valence-electron chi connectivity index (χ0n) is 6.39. The van der Waals surface area contributed by atoms with Crippen molar-refractivity contribution in [2.45, 2.75) is 23.7 Å². The highest BCUT2D eigenvalue weighted by Crippen LogP contribution is 2.57. The molecule has 0 saturated heterocycles. The molecule has 0 spiro atoms. The van der Waals surface area contributed by atoms with Crippen LogP contribution in [0.3, 0.4) is 0 Å². The van der Waals surface area contributed by atoms with Gasteiger partial charge in [0.2, 0.25) is 0 Å². The van der Waals surface area contributed by atoms with E-state index < -0.39 is 23.7 Å². The Balaban J connectivity index is 0. The summed E-state index contributed by atoms with van der Waals surface area (Å²) in [5.74, 6) is 0. The van der Waals surface area contributed by atoms with Crippen LogP contribution in [-0.4, -0.2) is 23.7 Å². The average Bonchev–Trinajstić information content (AvgIpc) is 1.77. The second-order valence-corrected chi connectivity index (χ2v) is 3.17. The summed E-state index contributed by atoms with van der Waals surface area (Å²) in [7, 11) is -0.222. The lowest BCUT2D eigenvalue weighted by Crippen LogP contribution is -2.61. The fourth-order valence-corrected chi connectivity index (χ4v) is 0.482. The van der Waals surface area contributed by atoms with Crippen molar-refractivity contribution in [3.05, 3.63) is 0 Å². The molecule has 1 atom stereocenters. The average molecular weight is 288 g/mol. The molecule has 0 heterocycles. The van der Waals surface area contributed by atoms with E-state index in [1.165, 1.54) is 0 Å². The third-order valence-corrected chi connectivity index (χ3v) is 2.32. The molecule has 0 aromatic carbocycles. The van der Waals surface area contributed by atoms with Gasteiger partial charge in [-0.05, 0) is 0 Å². The van der Waals surface area contributed by atoms with Crippen LogP contribution in [0.5, 0.6) is 0 Å². The van der Waals surface area contributed by atoms with E-state index in [1.54, 1.807) is 0 Å².